The number of hydrogen-bond donors (Lipinski definition) is 1. The van der Waals surface area contributed by atoms with Crippen molar-refractivity contribution in [2.45, 2.75) is 30.7 Å². The third-order valence-electron chi connectivity index (χ3n) is 3.71. The number of ether oxygens (including phenoxy) is 1. The summed E-state index contributed by atoms with van der Waals surface area (Å²) in [4.78, 5) is 1.03. The number of nitrogens with zero attached hydrogens (tertiary/aromatic N) is 1. The van der Waals surface area contributed by atoms with Gasteiger partial charge in [0.25, 0.3) is 0 Å². The average Bonchev–Trinajstić information content (AvgIpc) is 2.47. The minimum absolute atomic E-state index is 0.369. The first-order valence-corrected chi connectivity index (χ1v) is 7.90. The van der Waals surface area contributed by atoms with Gasteiger partial charge in [-0.2, -0.15) is 5.26 Å². The summed E-state index contributed by atoms with van der Waals surface area (Å²) in [5, 5.41) is 12.8. The number of anilines is 1. The molecule has 0 bridgehead atoms. The van der Waals surface area contributed by atoms with Crippen LogP contribution in [0.4, 0.5) is 5.69 Å². The summed E-state index contributed by atoms with van der Waals surface area (Å²) in [7, 11) is 0. The van der Waals surface area contributed by atoms with E-state index >= 15 is 0 Å². The van der Waals surface area contributed by atoms with Gasteiger partial charge in [-0.3, -0.25) is 0 Å². The van der Waals surface area contributed by atoms with Gasteiger partial charge >= 0.3 is 0 Å². The Hall–Kier alpha value is -1.18. The summed E-state index contributed by atoms with van der Waals surface area (Å²) in [6, 6.07) is 8.68. The molecule has 102 valence electrons. The van der Waals surface area contributed by atoms with Gasteiger partial charge in [-0.25, -0.2) is 0 Å². The van der Waals surface area contributed by atoms with Crippen LogP contribution in [0.15, 0.2) is 23.1 Å². The molecule has 2 rings (SSSR count). The molecule has 1 atom stereocenters. The highest BCUT2D eigenvalue weighted by molar-refractivity contribution is 7.98. The molecule has 0 saturated carbocycles. The van der Waals surface area contributed by atoms with Crippen molar-refractivity contribution >= 4 is 17.4 Å². The van der Waals surface area contributed by atoms with Gasteiger partial charge in [0.2, 0.25) is 0 Å². The van der Waals surface area contributed by atoms with Crippen molar-refractivity contribution in [1.29, 1.82) is 5.26 Å². The van der Waals surface area contributed by atoms with Crippen molar-refractivity contribution in [3.05, 3.63) is 23.8 Å². The first-order chi connectivity index (χ1) is 9.26. The minimum Gasteiger partial charge on any atom is -0.381 e. The number of nitrogens with one attached hydrogen (secondary N) is 1. The fourth-order valence-corrected chi connectivity index (χ4v) is 3.09. The molecule has 1 aromatic rings. The smallest absolute Gasteiger partial charge is 0.102 e. The van der Waals surface area contributed by atoms with Gasteiger partial charge in [0.05, 0.1) is 11.3 Å². The molecule has 1 fully saturated rings. The Kier molecular flexibility index (Phi) is 5.12. The Morgan fingerprint density at radius 2 is 2.16 bits per heavy atom. The van der Waals surface area contributed by atoms with E-state index < -0.39 is 0 Å². The SMILES string of the molecule is CSc1cccc(NC(C)C2CCOCC2)c1C#N. The normalized spacial score (nSPS) is 17.7. The largest absolute Gasteiger partial charge is 0.381 e. The standard InChI is InChI=1S/C15H20N2OS/c1-11(12-6-8-18-9-7-12)17-14-4-3-5-15(19-2)13(14)10-16/h3-5,11-12,17H,6-9H2,1-2H3. The molecule has 4 heteroatoms. The lowest BCUT2D eigenvalue weighted by atomic mass is 9.92. The molecule has 19 heavy (non-hydrogen) atoms. The van der Waals surface area contributed by atoms with E-state index in [0.29, 0.717) is 12.0 Å². The van der Waals surface area contributed by atoms with E-state index in [9.17, 15) is 5.26 Å². The Labute approximate surface area is 119 Å². The van der Waals surface area contributed by atoms with Gasteiger partial charge in [-0.15, -0.1) is 11.8 Å². The summed E-state index contributed by atoms with van der Waals surface area (Å²) in [5.41, 5.74) is 1.71. The molecule has 1 aromatic carbocycles. The van der Waals surface area contributed by atoms with Crippen LogP contribution in [0.25, 0.3) is 0 Å². The number of rotatable bonds is 4. The highest BCUT2D eigenvalue weighted by Crippen LogP contribution is 2.28. The average molecular weight is 276 g/mol. The Morgan fingerprint density at radius 1 is 1.42 bits per heavy atom. The second-order valence-electron chi connectivity index (χ2n) is 4.88. The molecule has 0 aromatic heterocycles. The molecule has 1 unspecified atom stereocenters. The van der Waals surface area contributed by atoms with Crippen molar-refractivity contribution in [3.8, 4) is 6.07 Å². The van der Waals surface area contributed by atoms with Crippen molar-refractivity contribution < 1.29 is 4.74 Å². The molecule has 0 aliphatic carbocycles. The predicted molar refractivity (Wildman–Crippen MR) is 79.6 cm³/mol. The van der Waals surface area contributed by atoms with E-state index in [0.717, 1.165) is 42.2 Å². The lowest BCUT2D eigenvalue weighted by Crippen LogP contribution is -2.31. The molecular formula is C15H20N2OS. The summed E-state index contributed by atoms with van der Waals surface area (Å²) >= 11 is 1.61. The van der Waals surface area contributed by atoms with Crippen LogP contribution < -0.4 is 5.32 Å². The van der Waals surface area contributed by atoms with Crippen LogP contribution in [-0.4, -0.2) is 25.5 Å². The van der Waals surface area contributed by atoms with Gasteiger partial charge in [0.1, 0.15) is 6.07 Å². The lowest BCUT2D eigenvalue weighted by Gasteiger charge is -2.29. The fraction of sp³-hybridized carbons (Fsp3) is 0.533. The third kappa shape index (κ3) is 3.43. The summed E-state index contributed by atoms with van der Waals surface area (Å²) in [6.07, 6.45) is 4.19. The molecular weight excluding hydrogens is 256 g/mol. The number of nitriles is 1. The summed E-state index contributed by atoms with van der Waals surface area (Å²) < 4.78 is 5.40. The lowest BCUT2D eigenvalue weighted by molar-refractivity contribution is 0.0622. The number of thioether (sulfide) groups is 1. The summed E-state index contributed by atoms with van der Waals surface area (Å²) in [5.74, 6) is 0.623. The first kappa shape index (κ1) is 14.2. The minimum atomic E-state index is 0.369. The zero-order valence-corrected chi connectivity index (χ0v) is 12.3. The molecule has 1 aliphatic heterocycles. The number of benzene rings is 1. The van der Waals surface area contributed by atoms with Gasteiger partial charge in [0, 0.05) is 24.2 Å². The van der Waals surface area contributed by atoms with Gasteiger partial charge in [-0.1, -0.05) is 6.07 Å². The summed E-state index contributed by atoms with van der Waals surface area (Å²) in [6.45, 7) is 3.90. The Balaban J connectivity index is 2.12. The van der Waals surface area contributed by atoms with E-state index in [-0.39, 0.29) is 0 Å². The molecule has 1 heterocycles. The highest BCUT2D eigenvalue weighted by atomic mass is 32.2. The predicted octanol–water partition coefficient (Wildman–Crippen LogP) is 3.51. The van der Waals surface area contributed by atoms with Crippen molar-refractivity contribution in [3.63, 3.8) is 0 Å². The maximum absolute atomic E-state index is 9.33. The molecule has 0 radical (unpaired) electrons. The van der Waals surface area contributed by atoms with E-state index in [1.807, 2.05) is 24.5 Å². The number of hydrogen-bond acceptors (Lipinski definition) is 4. The van der Waals surface area contributed by atoms with Crippen LogP contribution in [0, 0.1) is 17.2 Å². The van der Waals surface area contributed by atoms with Crippen molar-refractivity contribution in [2.75, 3.05) is 24.8 Å². The maximum atomic E-state index is 9.33. The van der Waals surface area contributed by atoms with Crippen molar-refractivity contribution in [1.82, 2.24) is 0 Å². The first-order valence-electron chi connectivity index (χ1n) is 6.67. The molecule has 1 N–H and O–H groups in total. The van der Waals surface area contributed by atoms with E-state index in [1.165, 1.54) is 0 Å². The zero-order valence-electron chi connectivity index (χ0n) is 11.5. The third-order valence-corrected chi connectivity index (χ3v) is 4.49. The van der Waals surface area contributed by atoms with Crippen LogP contribution in [-0.2, 0) is 4.74 Å². The maximum Gasteiger partial charge on any atom is 0.102 e. The molecule has 1 aliphatic rings. The molecule has 1 saturated heterocycles. The second-order valence-corrected chi connectivity index (χ2v) is 5.73. The van der Waals surface area contributed by atoms with Crippen LogP contribution in [0.1, 0.15) is 25.3 Å². The van der Waals surface area contributed by atoms with Crippen LogP contribution in [0.3, 0.4) is 0 Å². The van der Waals surface area contributed by atoms with Crippen molar-refractivity contribution in [2.24, 2.45) is 5.92 Å². The van der Waals surface area contributed by atoms with E-state index in [2.05, 4.69) is 18.3 Å². The van der Waals surface area contributed by atoms with Gasteiger partial charge in [0.15, 0.2) is 0 Å². The van der Waals surface area contributed by atoms with Gasteiger partial charge in [-0.05, 0) is 44.1 Å². The Morgan fingerprint density at radius 3 is 2.79 bits per heavy atom. The second kappa shape index (κ2) is 6.83. The Bertz CT molecular complexity index is 464. The van der Waals surface area contributed by atoms with E-state index in [1.54, 1.807) is 11.8 Å². The van der Waals surface area contributed by atoms with Crippen LogP contribution in [0.5, 0.6) is 0 Å². The molecule has 0 spiro atoms. The monoisotopic (exact) mass is 276 g/mol. The zero-order chi connectivity index (χ0) is 13.7. The highest BCUT2D eigenvalue weighted by Gasteiger charge is 2.21. The topological polar surface area (TPSA) is 45.0 Å². The molecule has 3 nitrogen and oxygen atoms in total. The quantitative estimate of drug-likeness (QED) is 0.855. The van der Waals surface area contributed by atoms with Crippen LogP contribution in [0.2, 0.25) is 0 Å². The van der Waals surface area contributed by atoms with Gasteiger partial charge < -0.3 is 10.1 Å². The van der Waals surface area contributed by atoms with E-state index in [4.69, 9.17) is 4.74 Å². The van der Waals surface area contributed by atoms with Crippen LogP contribution >= 0.6 is 11.8 Å². The molecule has 0 amide bonds. The fourth-order valence-electron chi connectivity index (χ4n) is 2.52.